The first kappa shape index (κ1) is 23.2. The van der Waals surface area contributed by atoms with Gasteiger partial charge in [0.25, 0.3) is 0 Å². The highest BCUT2D eigenvalue weighted by Crippen LogP contribution is 2.29. The van der Waals surface area contributed by atoms with E-state index in [1.165, 1.54) is 36.6 Å². The standard InChI is InChI=1S/C23H23FN2O5S/c1-16-4-10-19(11-5-16)32(29,30)21(20-3-2-14-31-20)15-26-23(28)22(27)25-13-12-17-6-8-18(24)9-7-17/h2-11,14,21H,12-13,15H2,1H3,(H,25,27)(H,26,28). The van der Waals surface area contributed by atoms with Crippen molar-refractivity contribution in [1.29, 1.82) is 0 Å². The lowest BCUT2D eigenvalue weighted by molar-refractivity contribution is -0.139. The van der Waals surface area contributed by atoms with Gasteiger partial charge in [-0.1, -0.05) is 29.8 Å². The van der Waals surface area contributed by atoms with Crippen LogP contribution < -0.4 is 10.6 Å². The number of carbonyl (C=O) groups excluding carboxylic acids is 2. The average molecular weight is 459 g/mol. The molecule has 2 amide bonds. The van der Waals surface area contributed by atoms with E-state index in [0.29, 0.717) is 6.42 Å². The summed E-state index contributed by atoms with van der Waals surface area (Å²) in [4.78, 5) is 24.4. The Morgan fingerprint density at radius 2 is 1.62 bits per heavy atom. The van der Waals surface area contributed by atoms with Gasteiger partial charge in [0, 0.05) is 13.1 Å². The van der Waals surface area contributed by atoms with Crippen LogP contribution in [-0.2, 0) is 25.8 Å². The number of rotatable bonds is 8. The molecule has 3 aromatic rings. The van der Waals surface area contributed by atoms with E-state index < -0.39 is 26.9 Å². The summed E-state index contributed by atoms with van der Waals surface area (Å²) < 4.78 is 44.5. The number of hydrogen-bond acceptors (Lipinski definition) is 5. The molecule has 1 unspecified atom stereocenters. The van der Waals surface area contributed by atoms with E-state index in [1.54, 1.807) is 30.3 Å². The fourth-order valence-corrected chi connectivity index (χ4v) is 4.63. The lowest BCUT2D eigenvalue weighted by Gasteiger charge is -2.17. The molecule has 2 N–H and O–H groups in total. The number of benzene rings is 2. The summed E-state index contributed by atoms with van der Waals surface area (Å²) in [7, 11) is -3.89. The van der Waals surface area contributed by atoms with Gasteiger partial charge in [-0.2, -0.15) is 0 Å². The van der Waals surface area contributed by atoms with E-state index in [2.05, 4.69) is 10.6 Å². The Labute approximate surface area is 185 Å². The van der Waals surface area contributed by atoms with E-state index >= 15 is 0 Å². The Morgan fingerprint density at radius 1 is 0.969 bits per heavy atom. The second kappa shape index (κ2) is 10.2. The highest BCUT2D eigenvalue weighted by Gasteiger charge is 2.32. The lowest BCUT2D eigenvalue weighted by atomic mass is 10.1. The van der Waals surface area contributed by atoms with E-state index in [-0.39, 0.29) is 29.6 Å². The van der Waals surface area contributed by atoms with Crippen molar-refractivity contribution in [3.8, 4) is 0 Å². The minimum Gasteiger partial charge on any atom is -0.468 e. The SMILES string of the molecule is Cc1ccc(S(=O)(=O)C(CNC(=O)C(=O)NCCc2ccc(F)cc2)c2ccco2)cc1. The Bertz CT molecular complexity index is 1160. The van der Waals surface area contributed by atoms with Gasteiger partial charge in [0.05, 0.1) is 11.2 Å². The molecule has 0 aliphatic rings. The molecule has 7 nitrogen and oxygen atoms in total. The summed E-state index contributed by atoms with van der Waals surface area (Å²) in [5.74, 6) is -2.05. The van der Waals surface area contributed by atoms with Crippen LogP contribution in [0.5, 0.6) is 0 Å². The molecule has 1 heterocycles. The average Bonchev–Trinajstić information content (AvgIpc) is 3.29. The molecule has 2 aromatic carbocycles. The van der Waals surface area contributed by atoms with E-state index in [1.807, 2.05) is 6.92 Å². The Hall–Kier alpha value is -3.46. The van der Waals surface area contributed by atoms with Crippen molar-refractivity contribution in [1.82, 2.24) is 10.6 Å². The highest BCUT2D eigenvalue weighted by molar-refractivity contribution is 7.91. The number of hydrogen-bond donors (Lipinski definition) is 2. The van der Waals surface area contributed by atoms with Crippen LogP contribution in [0.3, 0.4) is 0 Å². The summed E-state index contributed by atoms with van der Waals surface area (Å²) in [5, 5.41) is 3.64. The number of furan rings is 1. The third kappa shape index (κ3) is 5.82. The molecule has 1 aromatic heterocycles. The first-order valence-electron chi connectivity index (χ1n) is 9.92. The molecule has 0 radical (unpaired) electrons. The Morgan fingerprint density at radius 3 is 2.25 bits per heavy atom. The quantitative estimate of drug-likeness (QED) is 0.505. The van der Waals surface area contributed by atoms with Crippen LogP contribution in [0.25, 0.3) is 0 Å². The maximum Gasteiger partial charge on any atom is 0.309 e. The van der Waals surface area contributed by atoms with Crippen molar-refractivity contribution in [3.05, 3.63) is 89.6 Å². The predicted molar refractivity (Wildman–Crippen MR) is 116 cm³/mol. The van der Waals surface area contributed by atoms with Gasteiger partial charge >= 0.3 is 11.8 Å². The van der Waals surface area contributed by atoms with Crippen LogP contribution in [0, 0.1) is 12.7 Å². The minimum atomic E-state index is -3.89. The van der Waals surface area contributed by atoms with Gasteiger partial charge in [0.15, 0.2) is 9.84 Å². The molecule has 0 spiro atoms. The Balaban J connectivity index is 1.61. The summed E-state index contributed by atoms with van der Waals surface area (Å²) in [6.45, 7) is 1.67. The molecule has 32 heavy (non-hydrogen) atoms. The maximum atomic E-state index is 13.1. The monoisotopic (exact) mass is 458 g/mol. The number of halogens is 1. The van der Waals surface area contributed by atoms with Crippen molar-refractivity contribution in [2.45, 2.75) is 23.5 Å². The molecule has 168 valence electrons. The summed E-state index contributed by atoms with van der Waals surface area (Å²) in [6.07, 6.45) is 1.76. The van der Waals surface area contributed by atoms with Crippen LogP contribution in [0.15, 0.2) is 76.2 Å². The first-order chi connectivity index (χ1) is 15.3. The molecule has 0 aliphatic carbocycles. The lowest BCUT2D eigenvalue weighted by Crippen LogP contribution is -2.42. The second-order valence-corrected chi connectivity index (χ2v) is 9.33. The molecule has 0 saturated carbocycles. The molecule has 1 atom stereocenters. The number of amides is 2. The second-order valence-electron chi connectivity index (χ2n) is 7.20. The molecule has 0 aliphatic heterocycles. The highest BCUT2D eigenvalue weighted by atomic mass is 32.2. The molecule has 0 saturated heterocycles. The smallest absolute Gasteiger partial charge is 0.309 e. The molecule has 0 fully saturated rings. The zero-order valence-corrected chi connectivity index (χ0v) is 18.2. The normalized spacial score (nSPS) is 12.2. The van der Waals surface area contributed by atoms with Crippen molar-refractivity contribution in [2.75, 3.05) is 13.1 Å². The van der Waals surface area contributed by atoms with Crippen molar-refractivity contribution >= 4 is 21.7 Å². The van der Waals surface area contributed by atoms with E-state index in [9.17, 15) is 22.4 Å². The van der Waals surface area contributed by atoms with Gasteiger partial charge in [-0.15, -0.1) is 0 Å². The van der Waals surface area contributed by atoms with Crippen LogP contribution in [-0.4, -0.2) is 33.3 Å². The number of nitrogens with one attached hydrogen (secondary N) is 2. The van der Waals surface area contributed by atoms with Crippen molar-refractivity contribution < 1.29 is 26.8 Å². The van der Waals surface area contributed by atoms with Gasteiger partial charge in [-0.3, -0.25) is 9.59 Å². The number of aryl methyl sites for hydroxylation is 1. The molecule has 0 bridgehead atoms. The van der Waals surface area contributed by atoms with Gasteiger partial charge in [0.2, 0.25) is 0 Å². The van der Waals surface area contributed by atoms with Gasteiger partial charge in [-0.05, 0) is 55.3 Å². The van der Waals surface area contributed by atoms with Gasteiger partial charge in [0.1, 0.15) is 16.8 Å². The van der Waals surface area contributed by atoms with Gasteiger partial charge in [-0.25, -0.2) is 12.8 Å². The number of sulfone groups is 1. The Kier molecular flexibility index (Phi) is 7.42. The van der Waals surface area contributed by atoms with Crippen molar-refractivity contribution in [2.24, 2.45) is 0 Å². The largest absolute Gasteiger partial charge is 0.468 e. The fourth-order valence-electron chi connectivity index (χ4n) is 3.05. The molecule has 3 rings (SSSR count). The third-order valence-corrected chi connectivity index (χ3v) is 6.93. The molecular formula is C23H23FN2O5S. The van der Waals surface area contributed by atoms with Crippen molar-refractivity contribution in [3.63, 3.8) is 0 Å². The zero-order chi connectivity index (χ0) is 23.1. The maximum absolute atomic E-state index is 13.1. The van der Waals surface area contributed by atoms with Gasteiger partial charge < -0.3 is 15.1 Å². The molecule has 9 heteroatoms. The number of carbonyl (C=O) groups is 2. The summed E-state index contributed by atoms with van der Waals surface area (Å²) >= 11 is 0. The summed E-state index contributed by atoms with van der Waals surface area (Å²) in [5.41, 5.74) is 1.71. The minimum absolute atomic E-state index is 0.0856. The predicted octanol–water partition coefficient (Wildman–Crippen LogP) is 2.72. The third-order valence-electron chi connectivity index (χ3n) is 4.85. The zero-order valence-electron chi connectivity index (χ0n) is 17.4. The van der Waals surface area contributed by atoms with Crippen LogP contribution in [0.4, 0.5) is 4.39 Å². The van der Waals surface area contributed by atoms with Crippen LogP contribution >= 0.6 is 0 Å². The fraction of sp³-hybridized carbons (Fsp3) is 0.217. The first-order valence-corrected chi connectivity index (χ1v) is 11.5. The van der Waals surface area contributed by atoms with E-state index in [4.69, 9.17) is 4.42 Å². The topological polar surface area (TPSA) is 105 Å². The van der Waals surface area contributed by atoms with Crippen LogP contribution in [0.2, 0.25) is 0 Å². The molecular weight excluding hydrogens is 435 g/mol. The van der Waals surface area contributed by atoms with E-state index in [0.717, 1.165) is 11.1 Å². The van der Waals surface area contributed by atoms with Crippen LogP contribution in [0.1, 0.15) is 22.1 Å². The summed E-state index contributed by atoms with van der Waals surface area (Å²) in [6, 6.07) is 15.2.